The van der Waals surface area contributed by atoms with Crippen LogP contribution in [-0.4, -0.2) is 48.1 Å². The lowest BCUT2D eigenvalue weighted by molar-refractivity contribution is 0.0696. The zero-order valence-electron chi connectivity index (χ0n) is 14.6. The summed E-state index contributed by atoms with van der Waals surface area (Å²) < 4.78 is 30.2. The van der Waals surface area contributed by atoms with Gasteiger partial charge in [-0.25, -0.2) is 8.78 Å². The molecule has 2 aromatic rings. The van der Waals surface area contributed by atoms with E-state index in [4.69, 9.17) is 27.7 Å². The van der Waals surface area contributed by atoms with E-state index in [0.717, 1.165) is 0 Å². The Bertz CT molecular complexity index is 801. The highest BCUT2D eigenvalue weighted by molar-refractivity contribution is 6.39. The van der Waals surface area contributed by atoms with Gasteiger partial charge in [0.25, 0.3) is 12.3 Å². The van der Waals surface area contributed by atoms with Gasteiger partial charge in [-0.1, -0.05) is 34.4 Å². The molecule has 0 atom stereocenters. The molecule has 0 spiro atoms. The molecule has 1 amide bonds. The van der Waals surface area contributed by atoms with Crippen LogP contribution >= 0.6 is 23.2 Å². The van der Waals surface area contributed by atoms with Crippen molar-refractivity contribution >= 4 is 29.1 Å². The number of amides is 1. The SMILES string of the molecule is Cc1onc(-c2c(Cl)cccc2Cl)c1C(=O)NC1CCN(CC(F)F)CC1. The average molecular weight is 418 g/mol. The second-order valence-corrected chi connectivity index (χ2v) is 7.31. The number of aryl methyl sites for hydroxylation is 1. The Morgan fingerprint density at radius 3 is 2.56 bits per heavy atom. The van der Waals surface area contributed by atoms with Crippen LogP contribution in [-0.2, 0) is 0 Å². The van der Waals surface area contributed by atoms with Crippen molar-refractivity contribution in [2.24, 2.45) is 0 Å². The lowest BCUT2D eigenvalue weighted by Gasteiger charge is -2.32. The molecule has 1 aromatic carbocycles. The first-order valence-electron chi connectivity index (χ1n) is 8.58. The summed E-state index contributed by atoms with van der Waals surface area (Å²) in [4.78, 5) is 14.5. The quantitative estimate of drug-likeness (QED) is 0.782. The number of hydrogen-bond acceptors (Lipinski definition) is 4. The van der Waals surface area contributed by atoms with Crippen molar-refractivity contribution in [1.29, 1.82) is 0 Å². The van der Waals surface area contributed by atoms with Gasteiger partial charge in [0.05, 0.1) is 16.6 Å². The fourth-order valence-electron chi connectivity index (χ4n) is 3.25. The monoisotopic (exact) mass is 417 g/mol. The average Bonchev–Trinajstić information content (AvgIpc) is 2.97. The zero-order chi connectivity index (χ0) is 19.6. The molecular weight excluding hydrogens is 399 g/mol. The van der Waals surface area contributed by atoms with Gasteiger partial charge in [0.15, 0.2) is 0 Å². The van der Waals surface area contributed by atoms with Crippen LogP contribution in [0.25, 0.3) is 11.3 Å². The van der Waals surface area contributed by atoms with E-state index in [9.17, 15) is 13.6 Å². The molecule has 9 heteroatoms. The molecule has 0 unspecified atom stereocenters. The number of aromatic nitrogens is 1. The highest BCUT2D eigenvalue weighted by atomic mass is 35.5. The van der Waals surface area contributed by atoms with Crippen LogP contribution in [0.4, 0.5) is 8.78 Å². The molecule has 2 heterocycles. The number of carbonyl (C=O) groups excluding carboxylic acids is 1. The number of halogens is 4. The topological polar surface area (TPSA) is 58.4 Å². The maximum Gasteiger partial charge on any atom is 0.257 e. The molecule has 27 heavy (non-hydrogen) atoms. The number of piperidine rings is 1. The summed E-state index contributed by atoms with van der Waals surface area (Å²) in [5, 5.41) is 7.65. The summed E-state index contributed by atoms with van der Waals surface area (Å²) in [5.41, 5.74) is 1.00. The first-order valence-corrected chi connectivity index (χ1v) is 9.34. The van der Waals surface area contributed by atoms with E-state index in [1.165, 1.54) is 0 Å². The normalized spacial score (nSPS) is 16.1. The Hall–Kier alpha value is -1.70. The summed E-state index contributed by atoms with van der Waals surface area (Å²) in [6, 6.07) is 4.92. The molecule has 1 aliphatic heterocycles. The highest BCUT2D eigenvalue weighted by Gasteiger charge is 2.28. The number of alkyl halides is 2. The number of likely N-dealkylation sites (tertiary alicyclic amines) is 1. The number of nitrogens with zero attached hydrogens (tertiary/aromatic N) is 2. The summed E-state index contributed by atoms with van der Waals surface area (Å²) in [7, 11) is 0. The van der Waals surface area contributed by atoms with Gasteiger partial charge >= 0.3 is 0 Å². The molecule has 3 rings (SSSR count). The van der Waals surface area contributed by atoms with Crippen molar-refractivity contribution in [3.63, 3.8) is 0 Å². The second kappa shape index (κ2) is 8.54. The van der Waals surface area contributed by atoms with Crippen LogP contribution in [0.3, 0.4) is 0 Å². The molecule has 1 aromatic heterocycles. The minimum atomic E-state index is -2.35. The molecule has 1 fully saturated rings. The smallest absolute Gasteiger partial charge is 0.257 e. The van der Waals surface area contributed by atoms with Crippen molar-refractivity contribution in [3.05, 3.63) is 39.6 Å². The van der Waals surface area contributed by atoms with Crippen molar-refractivity contribution in [1.82, 2.24) is 15.4 Å². The largest absolute Gasteiger partial charge is 0.360 e. The molecule has 5 nitrogen and oxygen atoms in total. The van der Waals surface area contributed by atoms with Crippen LogP contribution in [0.2, 0.25) is 10.0 Å². The van der Waals surface area contributed by atoms with Crippen molar-refractivity contribution in [2.75, 3.05) is 19.6 Å². The highest BCUT2D eigenvalue weighted by Crippen LogP contribution is 2.36. The number of benzene rings is 1. The molecule has 0 saturated carbocycles. The standard InChI is InChI=1S/C18H19Cl2F2N3O2/c1-10-15(17(24-27-10)16-12(19)3-2-4-13(16)20)18(26)23-11-5-7-25(8-6-11)9-14(21)22/h2-4,11,14H,5-9H2,1H3,(H,23,26). The second-order valence-electron chi connectivity index (χ2n) is 6.50. The fourth-order valence-corrected chi connectivity index (χ4v) is 3.82. The molecule has 0 bridgehead atoms. The Morgan fingerprint density at radius 1 is 1.33 bits per heavy atom. The fraction of sp³-hybridized carbons (Fsp3) is 0.444. The summed E-state index contributed by atoms with van der Waals surface area (Å²) in [6.45, 7) is 2.43. The van der Waals surface area contributed by atoms with Gasteiger partial charge in [0.1, 0.15) is 17.0 Å². The molecule has 0 aliphatic carbocycles. The third-order valence-electron chi connectivity index (χ3n) is 4.61. The van der Waals surface area contributed by atoms with Gasteiger partial charge in [-0.2, -0.15) is 0 Å². The molecular formula is C18H19Cl2F2N3O2. The van der Waals surface area contributed by atoms with E-state index >= 15 is 0 Å². The van der Waals surface area contributed by atoms with Gasteiger partial charge in [0.2, 0.25) is 0 Å². The third-order valence-corrected chi connectivity index (χ3v) is 5.24. The van der Waals surface area contributed by atoms with E-state index in [1.807, 2.05) is 0 Å². The van der Waals surface area contributed by atoms with Gasteiger partial charge in [-0.05, 0) is 31.9 Å². The first kappa shape index (κ1) is 20.0. The van der Waals surface area contributed by atoms with E-state index in [2.05, 4.69) is 10.5 Å². The molecule has 1 aliphatic rings. The van der Waals surface area contributed by atoms with E-state index in [1.54, 1.807) is 30.0 Å². The Kier molecular flexibility index (Phi) is 6.34. The van der Waals surface area contributed by atoms with Crippen LogP contribution in [0.5, 0.6) is 0 Å². The number of nitrogens with one attached hydrogen (secondary N) is 1. The maximum absolute atomic E-state index is 12.8. The van der Waals surface area contributed by atoms with E-state index in [0.29, 0.717) is 47.3 Å². The van der Waals surface area contributed by atoms with Crippen molar-refractivity contribution < 1.29 is 18.1 Å². The summed E-state index contributed by atoms with van der Waals surface area (Å²) >= 11 is 12.5. The van der Waals surface area contributed by atoms with Crippen LogP contribution < -0.4 is 5.32 Å². The Morgan fingerprint density at radius 2 is 1.96 bits per heavy atom. The predicted octanol–water partition coefficient (Wildman–Crippen LogP) is 4.42. The molecule has 0 radical (unpaired) electrons. The van der Waals surface area contributed by atoms with Crippen molar-refractivity contribution in [3.8, 4) is 11.3 Å². The van der Waals surface area contributed by atoms with Crippen molar-refractivity contribution in [2.45, 2.75) is 32.2 Å². The van der Waals surface area contributed by atoms with Gasteiger partial charge in [-0.15, -0.1) is 0 Å². The van der Waals surface area contributed by atoms with Crippen LogP contribution in [0, 0.1) is 6.92 Å². The predicted molar refractivity (Wildman–Crippen MR) is 99.6 cm³/mol. The summed E-state index contributed by atoms with van der Waals surface area (Å²) in [5.74, 6) is 0.0145. The van der Waals surface area contributed by atoms with Gasteiger partial charge < -0.3 is 9.84 Å². The van der Waals surface area contributed by atoms with E-state index < -0.39 is 6.43 Å². The van der Waals surface area contributed by atoms with Crippen LogP contribution in [0.1, 0.15) is 29.0 Å². The third kappa shape index (κ3) is 4.59. The minimum Gasteiger partial charge on any atom is -0.360 e. The summed E-state index contributed by atoms with van der Waals surface area (Å²) in [6.07, 6.45) is -1.14. The zero-order valence-corrected chi connectivity index (χ0v) is 16.2. The van der Waals surface area contributed by atoms with Gasteiger partial charge in [-0.3, -0.25) is 9.69 Å². The molecule has 146 valence electrons. The first-order chi connectivity index (χ1) is 12.9. The number of hydrogen-bond donors (Lipinski definition) is 1. The maximum atomic E-state index is 12.8. The number of rotatable bonds is 5. The van der Waals surface area contributed by atoms with E-state index in [-0.39, 0.29) is 29.8 Å². The lowest BCUT2D eigenvalue weighted by Crippen LogP contribution is -2.45. The Labute approximate surface area is 165 Å². The van der Waals surface area contributed by atoms with Crippen LogP contribution in [0.15, 0.2) is 22.7 Å². The molecule has 1 saturated heterocycles. The molecule has 1 N–H and O–H groups in total. The number of carbonyl (C=O) groups is 1. The minimum absolute atomic E-state index is 0.102. The Balaban J connectivity index is 1.74. The van der Waals surface area contributed by atoms with Gasteiger partial charge in [0, 0.05) is 24.7 Å². The lowest BCUT2D eigenvalue weighted by atomic mass is 10.0.